The van der Waals surface area contributed by atoms with E-state index in [0.29, 0.717) is 17.1 Å². The molecule has 4 nitrogen and oxygen atoms in total. The van der Waals surface area contributed by atoms with Gasteiger partial charge in [0.15, 0.2) is 0 Å². The van der Waals surface area contributed by atoms with E-state index in [1.165, 1.54) is 25.7 Å². The van der Waals surface area contributed by atoms with Gasteiger partial charge in [0.1, 0.15) is 5.78 Å². The Hall–Kier alpha value is -1.02. The Balaban J connectivity index is 1.59. The minimum absolute atomic E-state index is 0.00727. The third-order valence-corrected chi connectivity index (χ3v) is 8.56. The summed E-state index contributed by atoms with van der Waals surface area (Å²) in [5.41, 5.74) is 9.16. The molecule has 0 bridgehead atoms. The summed E-state index contributed by atoms with van der Waals surface area (Å²) in [5, 5.41) is 4.02. The first-order chi connectivity index (χ1) is 11.0. The molecule has 0 N–H and O–H groups in total. The maximum atomic E-state index is 12.4. The van der Waals surface area contributed by atoms with Crippen LogP contribution in [0.4, 0.5) is 0 Å². The first-order valence-electron chi connectivity index (χ1n) is 9.56. The second-order valence-corrected chi connectivity index (χ2v) is 9.21. The van der Waals surface area contributed by atoms with Crippen molar-refractivity contribution in [3.8, 4) is 0 Å². The maximum Gasteiger partial charge on any atom is 0.139 e. The monoisotopic (exact) mass is 315 g/mol. The van der Waals surface area contributed by atoms with Gasteiger partial charge in [0.05, 0.1) is 0 Å². The molecule has 7 atom stereocenters. The van der Waals surface area contributed by atoms with Crippen LogP contribution < -0.4 is 0 Å². The topological polar surface area (TPSA) is 65.8 Å². The van der Waals surface area contributed by atoms with Gasteiger partial charge in [-0.05, 0) is 86.0 Å². The van der Waals surface area contributed by atoms with Crippen LogP contribution in [0.2, 0.25) is 0 Å². The minimum atomic E-state index is -0.00727. The SMILES string of the molecule is C[C@]12CCC(N=[N+]=[N-])C[C@@H]1CC[C@@H]1[C@@H]2CC[C@]2(C)C(=O)CC[C@@H]12. The second kappa shape index (κ2) is 5.24. The number of nitrogens with zero attached hydrogens (tertiary/aromatic N) is 3. The first kappa shape index (κ1) is 15.5. The summed E-state index contributed by atoms with van der Waals surface area (Å²) >= 11 is 0. The molecule has 4 aliphatic rings. The molecule has 0 amide bonds. The lowest BCUT2D eigenvalue weighted by molar-refractivity contribution is -0.139. The van der Waals surface area contributed by atoms with Crippen molar-refractivity contribution in [2.45, 2.75) is 77.7 Å². The molecular formula is C19H29N3O. The molecule has 0 saturated heterocycles. The highest BCUT2D eigenvalue weighted by molar-refractivity contribution is 5.87. The number of Topliss-reactive ketones (excluding diaryl/α,β-unsaturated/α-hetero) is 1. The summed E-state index contributed by atoms with van der Waals surface area (Å²) in [4.78, 5) is 15.5. The minimum Gasteiger partial charge on any atom is -0.299 e. The van der Waals surface area contributed by atoms with E-state index >= 15 is 0 Å². The lowest BCUT2D eigenvalue weighted by atomic mass is 9.45. The van der Waals surface area contributed by atoms with Gasteiger partial charge < -0.3 is 0 Å². The van der Waals surface area contributed by atoms with Gasteiger partial charge in [-0.1, -0.05) is 19.0 Å². The van der Waals surface area contributed by atoms with Crippen LogP contribution in [0.5, 0.6) is 0 Å². The number of azide groups is 1. The van der Waals surface area contributed by atoms with Gasteiger partial charge in [0.25, 0.3) is 0 Å². The zero-order valence-electron chi connectivity index (χ0n) is 14.5. The van der Waals surface area contributed by atoms with Crippen LogP contribution in [0.3, 0.4) is 0 Å². The van der Waals surface area contributed by atoms with Gasteiger partial charge in [0.2, 0.25) is 0 Å². The Bertz CT molecular complexity index is 569. The normalized spacial score (nSPS) is 52.1. The van der Waals surface area contributed by atoms with Gasteiger partial charge in [-0.15, -0.1) is 0 Å². The molecule has 0 heterocycles. The molecule has 4 fully saturated rings. The van der Waals surface area contributed by atoms with Crippen molar-refractivity contribution in [2.24, 2.45) is 39.6 Å². The standard InChI is InChI=1S/C19H29N3O/c1-18-9-7-13(21-22-20)11-12(18)3-4-14-15-5-6-17(23)19(15,2)10-8-16(14)18/h12-16H,3-11H2,1-2H3/t12-,13?,14-,15-,16-,18-,19-/m0/s1. The molecule has 0 aromatic carbocycles. The largest absolute Gasteiger partial charge is 0.299 e. The summed E-state index contributed by atoms with van der Waals surface area (Å²) in [6.07, 6.45) is 10.2. The van der Waals surface area contributed by atoms with E-state index in [2.05, 4.69) is 23.9 Å². The zero-order chi connectivity index (χ0) is 16.2. The van der Waals surface area contributed by atoms with Gasteiger partial charge in [0, 0.05) is 22.8 Å². The third-order valence-electron chi connectivity index (χ3n) is 8.56. The van der Waals surface area contributed by atoms with E-state index in [4.69, 9.17) is 5.53 Å². The number of fused-ring (bicyclic) bond motifs is 5. The molecule has 4 saturated carbocycles. The number of hydrogen-bond acceptors (Lipinski definition) is 2. The fourth-order valence-corrected chi connectivity index (χ4v) is 7.18. The molecule has 0 radical (unpaired) electrons. The predicted octanol–water partition coefficient (Wildman–Crippen LogP) is 5.28. The van der Waals surface area contributed by atoms with Crippen molar-refractivity contribution in [1.82, 2.24) is 0 Å². The van der Waals surface area contributed by atoms with E-state index in [1.54, 1.807) is 0 Å². The highest BCUT2D eigenvalue weighted by Crippen LogP contribution is 2.65. The van der Waals surface area contributed by atoms with Crippen LogP contribution in [-0.2, 0) is 4.79 Å². The molecule has 23 heavy (non-hydrogen) atoms. The summed E-state index contributed by atoms with van der Waals surface area (Å²) in [5.74, 6) is 3.45. The van der Waals surface area contributed by atoms with E-state index in [1.807, 2.05) is 0 Å². The average molecular weight is 315 g/mol. The average Bonchev–Trinajstić information content (AvgIpc) is 2.84. The van der Waals surface area contributed by atoms with E-state index in [0.717, 1.165) is 49.9 Å². The fourth-order valence-electron chi connectivity index (χ4n) is 7.18. The lowest BCUT2D eigenvalue weighted by Gasteiger charge is -2.60. The number of rotatable bonds is 1. The maximum absolute atomic E-state index is 12.4. The number of carbonyl (C=O) groups is 1. The zero-order valence-corrected chi connectivity index (χ0v) is 14.5. The summed E-state index contributed by atoms with van der Waals surface area (Å²) in [7, 11) is 0. The molecule has 126 valence electrons. The van der Waals surface area contributed by atoms with E-state index in [-0.39, 0.29) is 11.5 Å². The number of hydrogen-bond donors (Lipinski definition) is 0. The number of carbonyl (C=O) groups excluding carboxylic acids is 1. The van der Waals surface area contributed by atoms with Gasteiger partial charge in [-0.2, -0.15) is 0 Å². The van der Waals surface area contributed by atoms with E-state index in [9.17, 15) is 4.79 Å². The van der Waals surface area contributed by atoms with Crippen molar-refractivity contribution < 1.29 is 4.79 Å². The summed E-state index contributed by atoms with van der Waals surface area (Å²) in [6.45, 7) is 4.77. The van der Waals surface area contributed by atoms with Gasteiger partial charge in [-0.3, -0.25) is 4.79 Å². The highest BCUT2D eigenvalue weighted by atomic mass is 16.1. The molecule has 4 heteroatoms. The Kier molecular flexibility index (Phi) is 3.53. The van der Waals surface area contributed by atoms with Crippen molar-refractivity contribution in [3.63, 3.8) is 0 Å². The lowest BCUT2D eigenvalue weighted by Crippen LogP contribution is -2.53. The smallest absolute Gasteiger partial charge is 0.139 e. The Labute approximate surface area is 139 Å². The van der Waals surface area contributed by atoms with Crippen molar-refractivity contribution in [2.75, 3.05) is 0 Å². The quantitative estimate of drug-likeness (QED) is 0.369. The Morgan fingerprint density at radius 3 is 2.70 bits per heavy atom. The van der Waals surface area contributed by atoms with Crippen LogP contribution in [0.25, 0.3) is 10.4 Å². The second-order valence-electron chi connectivity index (χ2n) is 9.21. The van der Waals surface area contributed by atoms with Crippen LogP contribution in [-0.4, -0.2) is 11.8 Å². The van der Waals surface area contributed by atoms with Crippen LogP contribution in [0.1, 0.15) is 71.6 Å². The molecule has 0 aliphatic heterocycles. The van der Waals surface area contributed by atoms with E-state index < -0.39 is 0 Å². The summed E-state index contributed by atoms with van der Waals surface area (Å²) in [6, 6.07) is 0.219. The molecule has 0 aromatic heterocycles. The highest BCUT2D eigenvalue weighted by Gasteiger charge is 2.60. The Morgan fingerprint density at radius 2 is 1.91 bits per heavy atom. The molecular weight excluding hydrogens is 286 g/mol. The van der Waals surface area contributed by atoms with Crippen LogP contribution in [0.15, 0.2) is 5.11 Å². The van der Waals surface area contributed by atoms with Gasteiger partial charge >= 0.3 is 0 Å². The molecule has 4 aliphatic carbocycles. The van der Waals surface area contributed by atoms with Crippen LogP contribution >= 0.6 is 0 Å². The molecule has 1 unspecified atom stereocenters. The molecule has 4 rings (SSSR count). The van der Waals surface area contributed by atoms with Crippen molar-refractivity contribution in [3.05, 3.63) is 10.4 Å². The molecule has 0 aromatic rings. The summed E-state index contributed by atoms with van der Waals surface area (Å²) < 4.78 is 0. The van der Waals surface area contributed by atoms with Crippen molar-refractivity contribution in [1.29, 1.82) is 0 Å². The fraction of sp³-hybridized carbons (Fsp3) is 0.947. The third kappa shape index (κ3) is 2.10. The molecule has 0 spiro atoms. The predicted molar refractivity (Wildman–Crippen MR) is 89.7 cm³/mol. The first-order valence-corrected chi connectivity index (χ1v) is 9.56. The number of ketones is 1. The van der Waals surface area contributed by atoms with Crippen molar-refractivity contribution >= 4 is 5.78 Å². The van der Waals surface area contributed by atoms with Crippen LogP contribution in [0, 0.1) is 34.5 Å². The van der Waals surface area contributed by atoms with Gasteiger partial charge in [-0.25, -0.2) is 0 Å². The Morgan fingerprint density at radius 1 is 1.09 bits per heavy atom.